The van der Waals surface area contributed by atoms with Crippen LogP contribution in [-0.2, 0) is 16.5 Å². The van der Waals surface area contributed by atoms with Crippen LogP contribution in [0.5, 0.6) is 11.5 Å². The largest absolute Gasteiger partial charge is 0.490 e. The molecule has 0 aliphatic heterocycles. The first-order valence-electron chi connectivity index (χ1n) is 10.5. The zero-order valence-electron chi connectivity index (χ0n) is 18.6. The molecule has 0 aromatic heterocycles. The van der Waals surface area contributed by atoms with Crippen LogP contribution in [0.15, 0.2) is 84.3 Å². The third-order valence-corrected chi connectivity index (χ3v) is 6.07. The number of benzene rings is 3. The molecule has 0 radical (unpaired) electrons. The number of rotatable bonds is 9. The summed E-state index contributed by atoms with van der Waals surface area (Å²) in [5, 5.41) is 9.67. The van der Waals surface area contributed by atoms with Crippen molar-refractivity contribution in [2.24, 2.45) is 0 Å². The molecule has 3 rings (SSSR count). The molecule has 5 nitrogen and oxygen atoms in total. The van der Waals surface area contributed by atoms with Gasteiger partial charge in [-0.15, -0.1) is 6.58 Å². The van der Waals surface area contributed by atoms with Gasteiger partial charge in [-0.05, 0) is 61.7 Å². The first-order chi connectivity index (χ1) is 15.9. The third-order valence-electron chi connectivity index (χ3n) is 4.84. The van der Waals surface area contributed by atoms with Crippen LogP contribution in [0.3, 0.4) is 0 Å². The number of nitrogens with zero attached hydrogens (tertiary/aromatic N) is 1. The number of hydrogen-bond donors (Lipinski definition) is 0. The van der Waals surface area contributed by atoms with E-state index in [4.69, 9.17) is 8.92 Å². The lowest BCUT2D eigenvalue weighted by molar-refractivity contribution is 0.326. The molecule has 0 aliphatic carbocycles. The maximum Gasteiger partial charge on any atom is 0.339 e. The van der Waals surface area contributed by atoms with E-state index in [0.717, 1.165) is 11.1 Å². The van der Waals surface area contributed by atoms with Crippen molar-refractivity contribution in [2.45, 2.75) is 25.2 Å². The highest BCUT2D eigenvalue weighted by Gasteiger charge is 2.22. The van der Waals surface area contributed by atoms with Crippen LogP contribution in [0.2, 0.25) is 0 Å². The Morgan fingerprint density at radius 2 is 1.79 bits per heavy atom. The average Bonchev–Trinajstić information content (AvgIpc) is 2.81. The summed E-state index contributed by atoms with van der Waals surface area (Å²) in [5.74, 6) is 0.400. The monoisotopic (exact) mass is 459 g/mol. The molecule has 0 fully saturated rings. The summed E-state index contributed by atoms with van der Waals surface area (Å²) in [6, 6.07) is 21.4. The van der Waals surface area contributed by atoms with Crippen molar-refractivity contribution in [3.8, 4) is 17.6 Å². The van der Waals surface area contributed by atoms with Gasteiger partial charge in [0.05, 0.1) is 18.2 Å². The predicted octanol–water partition coefficient (Wildman–Crippen LogP) is 5.95. The smallest absolute Gasteiger partial charge is 0.339 e. The topological polar surface area (TPSA) is 76.4 Å². The Bertz CT molecular complexity index is 1300. The molecule has 0 saturated heterocycles. The van der Waals surface area contributed by atoms with E-state index in [0.29, 0.717) is 29.7 Å². The van der Waals surface area contributed by atoms with Gasteiger partial charge in [0.15, 0.2) is 11.5 Å². The van der Waals surface area contributed by atoms with E-state index in [1.165, 1.54) is 12.1 Å². The molecule has 3 aromatic rings. The zero-order valence-corrected chi connectivity index (χ0v) is 19.4. The lowest BCUT2D eigenvalue weighted by Crippen LogP contribution is -2.12. The second kappa shape index (κ2) is 10.7. The van der Waals surface area contributed by atoms with Gasteiger partial charge in [-0.3, -0.25) is 0 Å². The van der Waals surface area contributed by atoms with Crippen LogP contribution in [0, 0.1) is 18.3 Å². The van der Waals surface area contributed by atoms with Crippen LogP contribution in [-0.4, -0.2) is 15.0 Å². The summed E-state index contributed by atoms with van der Waals surface area (Å²) in [6.45, 7) is 7.77. The molecule has 0 bridgehead atoms. The van der Waals surface area contributed by atoms with Crippen molar-refractivity contribution in [1.29, 1.82) is 5.26 Å². The van der Waals surface area contributed by atoms with Gasteiger partial charge in [-0.2, -0.15) is 13.7 Å². The van der Waals surface area contributed by atoms with E-state index in [-0.39, 0.29) is 16.4 Å². The highest BCUT2D eigenvalue weighted by Crippen LogP contribution is 2.37. The minimum absolute atomic E-state index is 0.0555. The molecule has 0 amide bonds. The lowest BCUT2D eigenvalue weighted by Gasteiger charge is -2.17. The normalized spacial score (nSPS) is 11.5. The Morgan fingerprint density at radius 1 is 1.09 bits per heavy atom. The Hall–Kier alpha value is -3.82. The van der Waals surface area contributed by atoms with Crippen molar-refractivity contribution in [1.82, 2.24) is 0 Å². The van der Waals surface area contributed by atoms with Crippen molar-refractivity contribution in [2.75, 3.05) is 6.61 Å². The van der Waals surface area contributed by atoms with Gasteiger partial charge in [-0.25, -0.2) is 0 Å². The average molecular weight is 460 g/mol. The van der Waals surface area contributed by atoms with E-state index >= 15 is 0 Å². The molecule has 0 spiro atoms. The SMILES string of the molecule is C=CCc1cc(/C=C(\C#N)c2ccccc2)cc(OCC)c1OS(=O)(=O)c1ccc(C)cc1. The van der Waals surface area contributed by atoms with E-state index in [2.05, 4.69) is 12.6 Å². The fraction of sp³-hybridized carbons (Fsp3) is 0.148. The van der Waals surface area contributed by atoms with Crippen molar-refractivity contribution < 1.29 is 17.3 Å². The van der Waals surface area contributed by atoms with Gasteiger partial charge < -0.3 is 8.92 Å². The van der Waals surface area contributed by atoms with E-state index in [1.807, 2.05) is 37.3 Å². The summed E-state index contributed by atoms with van der Waals surface area (Å²) in [7, 11) is -4.08. The molecular weight excluding hydrogens is 434 g/mol. The summed E-state index contributed by atoms with van der Waals surface area (Å²) in [6.07, 6.45) is 3.75. The molecule has 0 saturated carbocycles. The van der Waals surface area contributed by atoms with Gasteiger partial charge in [0.2, 0.25) is 0 Å². The van der Waals surface area contributed by atoms with Crippen molar-refractivity contribution >= 4 is 21.8 Å². The van der Waals surface area contributed by atoms with Crippen LogP contribution < -0.4 is 8.92 Å². The van der Waals surface area contributed by atoms with Crippen molar-refractivity contribution in [3.63, 3.8) is 0 Å². The van der Waals surface area contributed by atoms with Crippen LogP contribution >= 0.6 is 0 Å². The Labute approximate surface area is 195 Å². The maximum atomic E-state index is 13.0. The number of ether oxygens (including phenoxy) is 1. The minimum Gasteiger partial charge on any atom is -0.490 e. The van der Waals surface area contributed by atoms with Crippen molar-refractivity contribution in [3.05, 3.63) is 102 Å². The van der Waals surface area contributed by atoms with Crippen LogP contribution in [0.25, 0.3) is 11.6 Å². The molecular formula is C27H25NO4S. The highest BCUT2D eigenvalue weighted by atomic mass is 32.2. The summed E-state index contributed by atoms with van der Waals surface area (Å²) >= 11 is 0. The Morgan fingerprint density at radius 3 is 2.39 bits per heavy atom. The van der Waals surface area contributed by atoms with Gasteiger partial charge in [0.1, 0.15) is 4.90 Å². The first kappa shape index (κ1) is 23.8. The Kier molecular flexibility index (Phi) is 7.70. The van der Waals surface area contributed by atoms with Gasteiger partial charge in [-0.1, -0.05) is 54.1 Å². The van der Waals surface area contributed by atoms with Crippen LogP contribution in [0.1, 0.15) is 29.2 Å². The number of allylic oxidation sites excluding steroid dienone is 2. The molecule has 6 heteroatoms. The first-order valence-corrected chi connectivity index (χ1v) is 11.9. The van der Waals surface area contributed by atoms with E-state index in [1.54, 1.807) is 43.3 Å². The summed E-state index contributed by atoms with van der Waals surface area (Å²) in [4.78, 5) is 0.0555. The van der Waals surface area contributed by atoms with E-state index in [9.17, 15) is 13.7 Å². The molecule has 0 aliphatic rings. The molecule has 0 unspecified atom stereocenters. The van der Waals surface area contributed by atoms with E-state index < -0.39 is 10.1 Å². The molecule has 0 N–H and O–H groups in total. The van der Waals surface area contributed by atoms with Gasteiger partial charge in [0.25, 0.3) is 0 Å². The Balaban J connectivity index is 2.11. The second-order valence-electron chi connectivity index (χ2n) is 7.32. The van der Waals surface area contributed by atoms with Crippen LogP contribution in [0.4, 0.5) is 0 Å². The predicted molar refractivity (Wildman–Crippen MR) is 130 cm³/mol. The molecule has 33 heavy (non-hydrogen) atoms. The minimum atomic E-state index is -4.08. The number of nitriles is 1. The maximum absolute atomic E-state index is 13.0. The molecule has 0 heterocycles. The molecule has 0 atom stereocenters. The third kappa shape index (κ3) is 5.91. The quantitative estimate of drug-likeness (QED) is 0.171. The fourth-order valence-electron chi connectivity index (χ4n) is 3.26. The highest BCUT2D eigenvalue weighted by molar-refractivity contribution is 7.87. The fourth-order valence-corrected chi connectivity index (χ4v) is 4.23. The molecule has 3 aromatic carbocycles. The standard InChI is InChI=1S/C27H25NO4S/c1-4-9-23-16-21(17-24(19-28)22-10-7-6-8-11-22)18-26(31-5-2)27(23)32-33(29,30)25-14-12-20(3)13-15-25/h4,6-8,10-18H,1,5,9H2,2-3H3/b24-17+. The number of aryl methyl sites for hydroxylation is 1. The van der Waals surface area contributed by atoms with Gasteiger partial charge in [0, 0.05) is 5.56 Å². The molecule has 168 valence electrons. The summed E-state index contributed by atoms with van der Waals surface area (Å²) < 4.78 is 37.3. The second-order valence-corrected chi connectivity index (χ2v) is 8.87. The number of hydrogen-bond acceptors (Lipinski definition) is 5. The van der Waals surface area contributed by atoms with Gasteiger partial charge >= 0.3 is 10.1 Å². The zero-order chi connectivity index (χ0) is 23.8. The summed E-state index contributed by atoms with van der Waals surface area (Å²) in [5.41, 5.74) is 3.48. The lowest BCUT2D eigenvalue weighted by atomic mass is 10.0.